The van der Waals surface area contributed by atoms with Crippen LogP contribution in [0.25, 0.3) is 0 Å². The Hall–Kier alpha value is -1.36. The third-order valence-electron chi connectivity index (χ3n) is 5.93. The summed E-state index contributed by atoms with van der Waals surface area (Å²) >= 11 is 0. The topological polar surface area (TPSA) is 70.7 Å². The highest BCUT2D eigenvalue weighted by atomic mass is 32.2. The molecule has 1 saturated heterocycles. The van der Waals surface area contributed by atoms with Crippen LogP contribution >= 0.6 is 0 Å². The molecule has 0 aromatic heterocycles. The fourth-order valence-corrected chi connectivity index (χ4v) is 5.02. The molecule has 0 bridgehead atoms. The summed E-state index contributed by atoms with van der Waals surface area (Å²) in [4.78, 5) is 0. The van der Waals surface area contributed by atoms with E-state index in [0.29, 0.717) is 32.5 Å². The first-order valence-corrected chi connectivity index (χ1v) is 13.0. The van der Waals surface area contributed by atoms with Crippen molar-refractivity contribution in [1.29, 1.82) is 0 Å². The molecule has 10 heteroatoms. The van der Waals surface area contributed by atoms with Crippen molar-refractivity contribution in [3.8, 4) is 0 Å². The van der Waals surface area contributed by atoms with Crippen LogP contribution in [0.4, 0.5) is 18.9 Å². The lowest BCUT2D eigenvalue weighted by Crippen LogP contribution is -2.43. The van der Waals surface area contributed by atoms with Crippen LogP contribution in [-0.4, -0.2) is 51.6 Å². The summed E-state index contributed by atoms with van der Waals surface area (Å²) in [6, 6.07) is 3.98. The lowest BCUT2D eigenvalue weighted by molar-refractivity contribution is -0.137. The van der Waals surface area contributed by atoms with Gasteiger partial charge in [0.25, 0.3) is 0 Å². The molecular weight excluding hydrogens is 443 g/mol. The van der Waals surface area contributed by atoms with Crippen LogP contribution in [-0.2, 0) is 21.1 Å². The largest absolute Gasteiger partial charge is 0.416 e. The quantitative estimate of drug-likeness (QED) is 0.413. The number of anilines is 1. The molecule has 2 fully saturated rings. The fourth-order valence-electron chi connectivity index (χ4n) is 3.76. The Bertz CT molecular complexity index is 791. The SMILES string of the molecule is O=S(=O)(Nc1ccc(C(F)(F)F)cc1)N1CCC(OCCCCCCNCC2CC2)CC1. The average molecular weight is 478 g/mol. The second-order valence-electron chi connectivity index (χ2n) is 8.71. The van der Waals surface area contributed by atoms with Crippen LogP contribution in [0.3, 0.4) is 0 Å². The second kappa shape index (κ2) is 11.7. The van der Waals surface area contributed by atoms with Gasteiger partial charge in [-0.3, -0.25) is 4.72 Å². The highest BCUT2D eigenvalue weighted by Gasteiger charge is 2.31. The zero-order valence-electron chi connectivity index (χ0n) is 18.4. The standard InChI is InChI=1S/C22H34F3N3O3S/c23-22(24,25)19-7-9-20(10-8-19)27-32(29,30)28-14-11-21(12-15-28)31-16-4-2-1-3-13-26-17-18-5-6-18/h7-10,18,21,26-27H,1-6,11-17H2. The third kappa shape index (κ3) is 8.53. The van der Waals surface area contributed by atoms with E-state index in [1.54, 1.807) is 0 Å². The molecule has 1 heterocycles. The van der Waals surface area contributed by atoms with E-state index in [9.17, 15) is 21.6 Å². The maximum atomic E-state index is 12.6. The lowest BCUT2D eigenvalue weighted by atomic mass is 10.1. The van der Waals surface area contributed by atoms with Gasteiger partial charge in [-0.1, -0.05) is 12.8 Å². The second-order valence-corrected chi connectivity index (χ2v) is 10.4. The highest BCUT2D eigenvalue weighted by Crippen LogP contribution is 2.30. The van der Waals surface area contributed by atoms with Gasteiger partial charge in [-0.25, -0.2) is 0 Å². The summed E-state index contributed by atoms with van der Waals surface area (Å²) in [7, 11) is -3.81. The van der Waals surface area contributed by atoms with Gasteiger partial charge >= 0.3 is 16.4 Å². The minimum Gasteiger partial charge on any atom is -0.378 e. The summed E-state index contributed by atoms with van der Waals surface area (Å²) in [5.74, 6) is 0.922. The minimum atomic E-state index is -4.45. The van der Waals surface area contributed by atoms with Gasteiger partial charge in [0.2, 0.25) is 0 Å². The molecule has 3 rings (SSSR count). The van der Waals surface area contributed by atoms with Crippen molar-refractivity contribution in [2.75, 3.05) is 37.5 Å². The molecule has 1 saturated carbocycles. The van der Waals surface area contributed by atoms with E-state index in [4.69, 9.17) is 4.74 Å². The highest BCUT2D eigenvalue weighted by molar-refractivity contribution is 7.90. The van der Waals surface area contributed by atoms with Crippen molar-refractivity contribution >= 4 is 15.9 Å². The average Bonchev–Trinajstić information content (AvgIpc) is 3.57. The van der Waals surface area contributed by atoms with E-state index in [1.165, 1.54) is 30.0 Å². The Balaban J connectivity index is 1.27. The number of rotatable bonds is 13. The number of halogens is 3. The molecule has 0 radical (unpaired) electrons. The molecule has 1 aliphatic heterocycles. The van der Waals surface area contributed by atoms with E-state index >= 15 is 0 Å². The van der Waals surface area contributed by atoms with Crippen LogP contribution in [0.15, 0.2) is 24.3 Å². The number of alkyl halides is 3. The summed E-state index contributed by atoms with van der Waals surface area (Å²) in [6.45, 7) is 3.60. The number of hydrogen-bond donors (Lipinski definition) is 2. The molecule has 0 spiro atoms. The van der Waals surface area contributed by atoms with Crippen molar-refractivity contribution in [1.82, 2.24) is 9.62 Å². The Morgan fingerprint density at radius 2 is 1.62 bits per heavy atom. The van der Waals surface area contributed by atoms with Crippen LogP contribution in [0, 0.1) is 5.92 Å². The lowest BCUT2D eigenvalue weighted by Gasteiger charge is -2.31. The van der Waals surface area contributed by atoms with Crippen molar-refractivity contribution < 1.29 is 26.3 Å². The summed E-state index contributed by atoms with van der Waals surface area (Å²) < 4.78 is 72.6. The Morgan fingerprint density at radius 3 is 2.25 bits per heavy atom. The van der Waals surface area contributed by atoms with Gasteiger partial charge in [-0.15, -0.1) is 0 Å². The molecule has 0 amide bonds. The first-order valence-electron chi connectivity index (χ1n) is 11.5. The summed E-state index contributed by atoms with van der Waals surface area (Å²) in [5.41, 5.74) is -0.706. The molecule has 182 valence electrons. The first-order chi connectivity index (χ1) is 15.2. The van der Waals surface area contributed by atoms with E-state index in [2.05, 4.69) is 10.0 Å². The van der Waals surface area contributed by atoms with Gasteiger partial charge in [-0.2, -0.15) is 25.9 Å². The maximum absolute atomic E-state index is 12.6. The number of unbranched alkanes of at least 4 members (excludes halogenated alkanes) is 3. The zero-order valence-corrected chi connectivity index (χ0v) is 19.2. The Labute approximate surface area is 189 Å². The number of piperidine rings is 1. The molecule has 1 aromatic carbocycles. The van der Waals surface area contributed by atoms with Gasteiger partial charge in [-0.05, 0) is 81.8 Å². The zero-order chi connectivity index (χ0) is 23.0. The van der Waals surface area contributed by atoms with Gasteiger partial charge in [0, 0.05) is 25.4 Å². The first kappa shape index (κ1) is 25.3. The van der Waals surface area contributed by atoms with Crippen LogP contribution in [0.2, 0.25) is 0 Å². The molecule has 0 unspecified atom stereocenters. The third-order valence-corrected chi connectivity index (χ3v) is 7.47. The van der Waals surface area contributed by atoms with Gasteiger partial charge in [0.05, 0.1) is 11.7 Å². The van der Waals surface area contributed by atoms with Gasteiger partial charge < -0.3 is 10.1 Å². The van der Waals surface area contributed by atoms with Crippen LogP contribution < -0.4 is 10.0 Å². The van der Waals surface area contributed by atoms with Crippen molar-refractivity contribution in [3.05, 3.63) is 29.8 Å². The molecule has 2 N–H and O–H groups in total. The molecule has 1 aromatic rings. The van der Waals surface area contributed by atoms with E-state index in [-0.39, 0.29) is 11.8 Å². The monoisotopic (exact) mass is 477 g/mol. The Kier molecular flexibility index (Phi) is 9.22. The van der Waals surface area contributed by atoms with Crippen molar-refractivity contribution in [3.63, 3.8) is 0 Å². The van der Waals surface area contributed by atoms with Crippen molar-refractivity contribution in [2.45, 2.75) is 63.6 Å². The van der Waals surface area contributed by atoms with E-state index in [1.807, 2.05) is 0 Å². The minimum absolute atomic E-state index is 0.0488. The molecule has 2 aliphatic rings. The molecule has 6 nitrogen and oxygen atoms in total. The number of ether oxygens (including phenoxy) is 1. The Morgan fingerprint density at radius 1 is 0.969 bits per heavy atom. The summed E-state index contributed by atoms with van der Waals surface area (Å²) in [6.07, 6.45) is 4.10. The van der Waals surface area contributed by atoms with Gasteiger partial charge in [0.1, 0.15) is 0 Å². The molecule has 0 atom stereocenters. The predicted molar refractivity (Wildman–Crippen MR) is 119 cm³/mol. The van der Waals surface area contributed by atoms with Gasteiger partial charge in [0.15, 0.2) is 0 Å². The summed E-state index contributed by atoms with van der Waals surface area (Å²) in [5, 5.41) is 3.49. The number of hydrogen-bond acceptors (Lipinski definition) is 4. The number of benzene rings is 1. The number of nitrogens with one attached hydrogen (secondary N) is 2. The molecule has 32 heavy (non-hydrogen) atoms. The number of nitrogens with zero attached hydrogens (tertiary/aromatic N) is 1. The maximum Gasteiger partial charge on any atom is 0.416 e. The normalized spacial score (nSPS) is 18.7. The molecule has 1 aliphatic carbocycles. The predicted octanol–water partition coefficient (Wildman–Crippen LogP) is 4.40. The van der Waals surface area contributed by atoms with Crippen LogP contribution in [0.1, 0.15) is 56.9 Å². The smallest absolute Gasteiger partial charge is 0.378 e. The van der Waals surface area contributed by atoms with Crippen LogP contribution in [0.5, 0.6) is 0 Å². The molecular formula is C22H34F3N3O3S. The van der Waals surface area contributed by atoms with E-state index in [0.717, 1.165) is 56.1 Å². The van der Waals surface area contributed by atoms with Crippen molar-refractivity contribution in [2.24, 2.45) is 5.92 Å². The fraction of sp³-hybridized carbons (Fsp3) is 0.727. The van der Waals surface area contributed by atoms with E-state index < -0.39 is 21.9 Å².